The summed E-state index contributed by atoms with van der Waals surface area (Å²) in [5.41, 5.74) is 1.35. The van der Waals surface area contributed by atoms with Gasteiger partial charge in [-0.1, -0.05) is 103 Å². The van der Waals surface area contributed by atoms with Crippen LogP contribution in [0.3, 0.4) is 0 Å². The zero-order valence-electron chi connectivity index (χ0n) is 35.6. The number of amides is 4. The Morgan fingerprint density at radius 2 is 1.32 bits per heavy atom. The quantitative estimate of drug-likeness (QED) is 0.0654. The van der Waals surface area contributed by atoms with Crippen LogP contribution in [0.2, 0.25) is 0 Å². The second-order valence-corrected chi connectivity index (χ2v) is 16.9. The highest BCUT2D eigenvalue weighted by Gasteiger charge is 2.48. The highest BCUT2D eigenvalue weighted by Crippen LogP contribution is 2.31. The number of nitrogens with one attached hydrogen (secondary N) is 3. The number of esters is 2. The summed E-state index contributed by atoms with van der Waals surface area (Å²) in [6.07, 6.45) is 1.50. The van der Waals surface area contributed by atoms with E-state index in [0.29, 0.717) is 37.8 Å². The molecule has 0 unspecified atom stereocenters. The number of carbonyl (C=O) groups excluding carboxylic acids is 6. The minimum Gasteiger partial charge on any atom is -0.462 e. The maximum atomic E-state index is 14.9. The normalized spacial score (nSPS) is 16.2. The van der Waals surface area contributed by atoms with Gasteiger partial charge in [0, 0.05) is 25.8 Å². The van der Waals surface area contributed by atoms with Crippen molar-refractivity contribution in [1.29, 1.82) is 0 Å². The lowest BCUT2D eigenvalue weighted by molar-refractivity contribution is -0.155. The molecule has 3 atom stereocenters. The van der Waals surface area contributed by atoms with Gasteiger partial charge in [0.2, 0.25) is 17.7 Å². The monoisotopic (exact) mass is 844 g/mol. The molecule has 0 saturated carbocycles. The molecule has 0 spiro atoms. The summed E-state index contributed by atoms with van der Waals surface area (Å²) < 4.78 is 16.6. The first kappa shape index (κ1) is 45.0. The summed E-state index contributed by atoms with van der Waals surface area (Å²) in [4.78, 5) is 84.5. The third kappa shape index (κ3) is 12.3. The predicted octanol–water partition coefficient (Wildman–Crippen LogP) is 6.02. The van der Waals surface area contributed by atoms with Gasteiger partial charge in [-0.15, -0.1) is 0 Å². The molecule has 1 aliphatic carbocycles. The fraction of sp³-hybridized carbons (Fsp3) is 0.388. The molecule has 0 aromatic heterocycles. The van der Waals surface area contributed by atoms with Crippen LogP contribution in [-0.2, 0) is 59.3 Å². The number of alkyl carbamates (subject to hydrolysis) is 1. The summed E-state index contributed by atoms with van der Waals surface area (Å²) >= 11 is 0. The maximum Gasteiger partial charge on any atom is 0.408 e. The van der Waals surface area contributed by atoms with E-state index in [2.05, 4.69) is 16.0 Å². The van der Waals surface area contributed by atoms with E-state index in [9.17, 15) is 28.8 Å². The van der Waals surface area contributed by atoms with Gasteiger partial charge >= 0.3 is 18.0 Å². The Balaban J connectivity index is 1.21. The summed E-state index contributed by atoms with van der Waals surface area (Å²) in [6, 6.07) is 31.6. The zero-order valence-corrected chi connectivity index (χ0v) is 35.6. The van der Waals surface area contributed by atoms with Gasteiger partial charge in [0.1, 0.15) is 35.9 Å². The number of hydrogen-bond acceptors (Lipinski definition) is 9. The topological polar surface area (TPSA) is 169 Å². The second-order valence-electron chi connectivity index (χ2n) is 16.9. The van der Waals surface area contributed by atoms with E-state index in [1.165, 1.54) is 4.90 Å². The first-order valence-electron chi connectivity index (χ1n) is 21.3. The summed E-state index contributed by atoms with van der Waals surface area (Å²) in [6.45, 7) is 5.60. The molecule has 4 aromatic rings. The molecule has 62 heavy (non-hydrogen) atoms. The molecule has 6 rings (SSSR count). The van der Waals surface area contributed by atoms with E-state index >= 15 is 0 Å². The van der Waals surface area contributed by atoms with Gasteiger partial charge in [0.05, 0.1) is 12.2 Å². The van der Waals surface area contributed by atoms with Crippen LogP contribution in [0.25, 0.3) is 0 Å². The maximum absolute atomic E-state index is 14.9. The number of fused-ring (bicyclic) bond motifs is 1. The van der Waals surface area contributed by atoms with Crippen LogP contribution in [0.1, 0.15) is 85.5 Å². The molecule has 1 aliphatic heterocycles. The molecular weight excluding hydrogens is 789 g/mol. The fourth-order valence-electron chi connectivity index (χ4n) is 7.88. The molecule has 13 nitrogen and oxygen atoms in total. The number of likely N-dealkylation sites (tertiary alicyclic amines) is 1. The highest BCUT2D eigenvalue weighted by atomic mass is 16.6. The lowest BCUT2D eigenvalue weighted by atomic mass is 9.92. The van der Waals surface area contributed by atoms with Crippen molar-refractivity contribution < 1.29 is 43.0 Å². The van der Waals surface area contributed by atoms with E-state index in [1.54, 1.807) is 51.1 Å². The number of nitrogens with zero attached hydrogens (tertiary/aromatic N) is 1. The van der Waals surface area contributed by atoms with Gasteiger partial charge in [-0.05, 0) is 87.3 Å². The largest absolute Gasteiger partial charge is 0.462 e. The van der Waals surface area contributed by atoms with E-state index < -0.39 is 65.0 Å². The Morgan fingerprint density at radius 1 is 0.726 bits per heavy atom. The first-order chi connectivity index (χ1) is 29.8. The molecule has 1 heterocycles. The SMILES string of the molecule is CC(C)(C)OC(=O)N[C@@H](CCCCOC(=O)c1ccccc1)C(=O)NC1(C(=O)N[C@@H](Cc2ccccc2)C(=O)N2CCC[C@@H]2C(=O)OCc2ccccc2)Cc2ccccc2C1. The van der Waals surface area contributed by atoms with E-state index in [-0.39, 0.29) is 38.9 Å². The number of carbonyl (C=O) groups is 6. The van der Waals surface area contributed by atoms with Gasteiger partial charge in [-0.25, -0.2) is 14.4 Å². The summed E-state index contributed by atoms with van der Waals surface area (Å²) in [7, 11) is 0. The third-order valence-electron chi connectivity index (χ3n) is 11.0. The minimum absolute atomic E-state index is 0.0661. The summed E-state index contributed by atoms with van der Waals surface area (Å²) in [5, 5.41) is 8.74. The van der Waals surface area contributed by atoms with Crippen LogP contribution in [-0.4, -0.2) is 83.1 Å². The van der Waals surface area contributed by atoms with Gasteiger partial charge in [0.15, 0.2) is 0 Å². The Hall–Kier alpha value is -6.50. The van der Waals surface area contributed by atoms with Crippen molar-refractivity contribution >= 4 is 35.8 Å². The van der Waals surface area contributed by atoms with Crippen LogP contribution in [0.4, 0.5) is 4.79 Å². The van der Waals surface area contributed by atoms with Crippen molar-refractivity contribution in [3.05, 3.63) is 143 Å². The smallest absolute Gasteiger partial charge is 0.408 e. The highest BCUT2D eigenvalue weighted by molar-refractivity contribution is 5.98. The zero-order chi connectivity index (χ0) is 44.1. The molecular formula is C49H56N4O9. The van der Waals surface area contributed by atoms with Crippen LogP contribution in [0.5, 0.6) is 0 Å². The number of rotatable bonds is 17. The van der Waals surface area contributed by atoms with Crippen molar-refractivity contribution in [3.63, 3.8) is 0 Å². The average molecular weight is 845 g/mol. The lowest BCUT2D eigenvalue weighted by Gasteiger charge is -2.34. The van der Waals surface area contributed by atoms with Gasteiger partial charge in [-0.2, -0.15) is 0 Å². The Kier molecular flexibility index (Phi) is 15.1. The molecule has 13 heteroatoms. The molecule has 1 saturated heterocycles. The lowest BCUT2D eigenvalue weighted by Crippen LogP contribution is -2.65. The van der Waals surface area contributed by atoms with Crippen LogP contribution in [0.15, 0.2) is 115 Å². The molecule has 4 aromatic carbocycles. The molecule has 2 aliphatic rings. The van der Waals surface area contributed by atoms with Crippen molar-refractivity contribution in [3.8, 4) is 0 Å². The van der Waals surface area contributed by atoms with Gasteiger partial charge < -0.3 is 35.1 Å². The number of benzene rings is 4. The Morgan fingerprint density at radius 3 is 1.95 bits per heavy atom. The minimum atomic E-state index is -1.55. The number of ether oxygens (including phenoxy) is 3. The number of unbranched alkanes of at least 4 members (excludes halogenated alkanes) is 1. The predicted molar refractivity (Wildman–Crippen MR) is 232 cm³/mol. The molecule has 326 valence electrons. The van der Waals surface area contributed by atoms with Gasteiger partial charge in [0.25, 0.3) is 0 Å². The van der Waals surface area contributed by atoms with E-state index in [1.807, 2.05) is 84.9 Å². The van der Waals surface area contributed by atoms with Crippen molar-refractivity contribution in [2.75, 3.05) is 13.2 Å². The van der Waals surface area contributed by atoms with Crippen molar-refractivity contribution in [2.45, 2.75) is 108 Å². The van der Waals surface area contributed by atoms with Crippen molar-refractivity contribution in [2.24, 2.45) is 0 Å². The molecule has 0 radical (unpaired) electrons. The van der Waals surface area contributed by atoms with E-state index in [4.69, 9.17) is 14.2 Å². The van der Waals surface area contributed by atoms with E-state index in [0.717, 1.165) is 22.3 Å². The van der Waals surface area contributed by atoms with Crippen molar-refractivity contribution in [1.82, 2.24) is 20.9 Å². The molecule has 0 bridgehead atoms. The molecule has 4 amide bonds. The van der Waals surface area contributed by atoms with Crippen LogP contribution < -0.4 is 16.0 Å². The first-order valence-corrected chi connectivity index (χ1v) is 21.3. The molecule has 1 fully saturated rings. The second kappa shape index (κ2) is 20.8. The standard InChI is InChI=1S/C49H56N4O9/c1-48(2,3)62-47(59)51-39(26-15-16-29-60-44(56)36-22-11-6-12-23-36)42(54)52-49(31-37-24-13-14-25-38(37)32-49)46(58)50-40(30-34-18-7-4-8-19-34)43(55)53-28-17-27-41(53)45(57)61-33-35-20-9-5-10-21-35/h4-14,18-25,39-41H,15-17,26-33H2,1-3H3,(H,50,58)(H,51,59)(H,52,54)/t39-,40-,41+/m0/s1. The third-order valence-corrected chi connectivity index (χ3v) is 11.0. The average Bonchev–Trinajstić information content (AvgIpc) is 3.91. The number of hydrogen-bond donors (Lipinski definition) is 3. The Bertz CT molecular complexity index is 2150. The van der Waals surface area contributed by atoms with Crippen LogP contribution >= 0.6 is 0 Å². The van der Waals surface area contributed by atoms with Gasteiger partial charge in [-0.3, -0.25) is 14.4 Å². The molecule has 3 N–H and O–H groups in total. The fourth-order valence-corrected chi connectivity index (χ4v) is 7.88. The van der Waals surface area contributed by atoms with Crippen LogP contribution in [0, 0.1) is 0 Å². The summed E-state index contributed by atoms with van der Waals surface area (Å²) in [5.74, 6) is -2.62. The Labute approximate surface area is 362 Å².